The Hall–Kier alpha value is -7.52. The molecule has 7 aromatic rings. The molecule has 7 aromatic carbocycles. The van der Waals surface area contributed by atoms with Gasteiger partial charge in [0.1, 0.15) is 6.15 Å². The average Bonchev–Trinajstić information content (AvgIpc) is 0.707. The molecule has 0 N–H and O–H groups in total. The predicted octanol–water partition coefficient (Wildman–Crippen LogP) is 13.6. The van der Waals surface area contributed by atoms with Crippen LogP contribution in [0.25, 0.3) is 0 Å². The van der Waals surface area contributed by atoms with Crippen LogP contribution in [-0.2, 0) is 92.0 Å². The molecule has 0 aliphatic carbocycles. The van der Waals surface area contributed by atoms with Crippen molar-refractivity contribution in [3.63, 3.8) is 0 Å². The van der Waals surface area contributed by atoms with Gasteiger partial charge in [0, 0.05) is 21.3 Å². The van der Waals surface area contributed by atoms with Gasteiger partial charge in [-0.25, -0.2) is 0 Å². The van der Waals surface area contributed by atoms with E-state index in [9.17, 15) is 105 Å². The summed E-state index contributed by atoms with van der Waals surface area (Å²) >= 11 is -2.07. The molecule has 12 nitrogen and oxygen atoms in total. The van der Waals surface area contributed by atoms with Crippen molar-refractivity contribution in [1.82, 2.24) is 0 Å². The third-order valence-electron chi connectivity index (χ3n) is 15.5. The van der Waals surface area contributed by atoms with Gasteiger partial charge in [0.2, 0.25) is 0 Å². The number of ether oxygens (including phenoxy) is 12. The molecule has 0 atom stereocenters. The Morgan fingerprint density at radius 2 is 0.394 bits per heavy atom. The molecule has 0 amide bonds. The summed E-state index contributed by atoms with van der Waals surface area (Å²) in [6.07, 6.45) is -54.8. The van der Waals surface area contributed by atoms with Crippen LogP contribution in [0.3, 0.4) is 0 Å². The average molecular weight is 1660 g/mol. The summed E-state index contributed by atoms with van der Waals surface area (Å²) in [7, 11) is 4.96. The number of methoxy groups -OCH3 is 3. The zero-order valence-corrected chi connectivity index (χ0v) is 59.3. The first-order chi connectivity index (χ1) is 51.1. The van der Waals surface area contributed by atoms with Gasteiger partial charge in [0.05, 0.1) is 44.5 Å². The van der Waals surface area contributed by atoms with E-state index in [1.165, 1.54) is 0 Å². The Morgan fingerprint density at radius 3 is 0.569 bits per heavy atom. The van der Waals surface area contributed by atoms with Gasteiger partial charge in [-0.2, -0.15) is 127 Å². The summed E-state index contributed by atoms with van der Waals surface area (Å²) in [6.45, 7) is 8.73. The number of para-hydroxylation sites is 3. The van der Waals surface area contributed by atoms with E-state index in [-0.39, 0.29) is 0 Å². The Balaban J connectivity index is 0.000000342. The van der Waals surface area contributed by atoms with Crippen LogP contribution in [-0.4, -0.2) is 160 Å². The number of halogens is 24. The first-order valence-electron chi connectivity index (χ1n) is 32.2. The zero-order chi connectivity index (χ0) is 80.7. The molecule has 38 heteroatoms. The number of rotatable bonds is 37. The van der Waals surface area contributed by atoms with E-state index >= 15 is 0 Å². The minimum Gasteiger partial charge on any atom is -0.194 e. The molecule has 0 aromatic heterocycles. The van der Waals surface area contributed by atoms with Crippen LogP contribution in [0.4, 0.5) is 105 Å². The SMILES string of the molecule is COCCOCCOCCOc1ccccc1[Se+](c1ccccc1OCCOCCOCCOC)c1ccccc1OCCOCCOCCOC.FC(F)(F)c1cc([B-](c2cc(C(F)(F)F)cc(C(F)(F)F)c2)(c2cc(C(F)(F)F)cc(C(F)(F)F)c2)c2cc(C(F)(F)F)cc(C(F)(F)F)c2)cc(C(F)(F)F)c1. The Labute approximate surface area is 612 Å². The molecule has 0 unspecified atom stereocenters. The summed E-state index contributed by atoms with van der Waals surface area (Å²) < 4.78 is 412. The van der Waals surface area contributed by atoms with Crippen LogP contribution >= 0.6 is 0 Å². The normalized spacial score (nSPS) is 12.9. The summed E-state index contributed by atoms with van der Waals surface area (Å²) in [4.78, 5) is 0. The molecule has 0 spiro atoms. The summed E-state index contributed by atoms with van der Waals surface area (Å²) in [5.41, 5.74) is -30.2. The summed E-state index contributed by atoms with van der Waals surface area (Å²) in [6, 6.07) is 15.7. The topological polar surface area (TPSA) is 111 Å². The van der Waals surface area contributed by atoms with Crippen LogP contribution in [0, 0.1) is 0 Å². The van der Waals surface area contributed by atoms with Crippen LogP contribution < -0.4 is 49.4 Å². The minimum atomic E-state index is -6.13. The monoisotopic (exact) mass is 1660 g/mol. The summed E-state index contributed by atoms with van der Waals surface area (Å²) in [5, 5.41) is 0. The second-order valence-corrected chi connectivity index (χ2v) is 27.1. The first kappa shape index (κ1) is 90.4. The van der Waals surface area contributed by atoms with E-state index in [4.69, 9.17) is 56.8 Å². The molecule has 0 saturated carbocycles. The van der Waals surface area contributed by atoms with Gasteiger partial charge in [-0.3, -0.25) is 0 Å². The van der Waals surface area contributed by atoms with E-state index in [1.54, 1.807) is 21.3 Å². The van der Waals surface area contributed by atoms with Gasteiger partial charge in [0.25, 0.3) is 0 Å². The van der Waals surface area contributed by atoms with Crippen molar-refractivity contribution >= 4 is 55.3 Å². The molecule has 602 valence electrons. The van der Waals surface area contributed by atoms with E-state index in [0.29, 0.717) is 119 Å². The van der Waals surface area contributed by atoms with E-state index in [2.05, 4.69) is 18.2 Å². The maximum atomic E-state index is 14.2. The van der Waals surface area contributed by atoms with Gasteiger partial charge < -0.3 is 0 Å². The first-order valence-corrected chi connectivity index (χ1v) is 34.8. The van der Waals surface area contributed by atoms with Crippen LogP contribution in [0.15, 0.2) is 146 Å². The molecular formula is C71H69BF24O12Se. The van der Waals surface area contributed by atoms with Crippen LogP contribution in [0.1, 0.15) is 44.5 Å². The van der Waals surface area contributed by atoms with Crippen LogP contribution in [0.2, 0.25) is 0 Å². The van der Waals surface area contributed by atoms with Gasteiger partial charge in [0.15, 0.2) is 0 Å². The molecule has 0 radical (unpaired) electrons. The van der Waals surface area contributed by atoms with Crippen molar-refractivity contribution in [1.29, 1.82) is 0 Å². The van der Waals surface area contributed by atoms with Gasteiger partial charge in [-0.15, -0.1) is 0 Å². The second kappa shape index (κ2) is 40.1. The van der Waals surface area contributed by atoms with Crippen molar-refractivity contribution in [2.75, 3.05) is 140 Å². The van der Waals surface area contributed by atoms with Gasteiger partial charge in [-0.1, -0.05) is 48.5 Å². The number of benzene rings is 7. The molecule has 0 heterocycles. The summed E-state index contributed by atoms with van der Waals surface area (Å²) in [5.74, 6) is 2.39. The molecule has 0 aliphatic heterocycles. The second-order valence-electron chi connectivity index (χ2n) is 23.1. The fourth-order valence-electron chi connectivity index (χ4n) is 10.7. The minimum absolute atomic E-state index is 0.392. The Bertz CT molecular complexity index is 3360. The number of hydrogen-bond acceptors (Lipinski definition) is 12. The number of hydrogen-bond donors (Lipinski definition) is 0. The third-order valence-corrected chi connectivity index (χ3v) is 20.4. The fourth-order valence-corrected chi connectivity index (χ4v) is 15.6. The standard InChI is InChI=1S/C39H57O12Se.C32H12BF24/c1-40-16-19-43-22-25-46-28-31-49-34-10-4-7-13-37(34)52(38-14-8-5-11-35(38)50-32-29-47-26-23-44-20-17-41-2)39-15-9-6-12-36(39)51-33-30-48-27-24-45-21-18-42-3;34-25(35,36)13-1-14(26(37,38)39)6-21(5-13)33(22-7-15(27(40,41)42)2-16(8-22)28(43,44)45,23-9-17(29(46,47)48)3-18(10-23)30(49,50)51)24-11-19(31(52,53)54)4-20(12-24)32(55,56)57/h4-15H,16-33H2,1-3H3;1-12H/q+1;-1. The zero-order valence-electron chi connectivity index (χ0n) is 57.5. The van der Waals surface area contributed by atoms with Crippen molar-refractivity contribution in [3.05, 3.63) is 190 Å². The van der Waals surface area contributed by atoms with Crippen LogP contribution in [0.5, 0.6) is 17.2 Å². The smallest absolute Gasteiger partial charge is 0.194 e. The van der Waals surface area contributed by atoms with Gasteiger partial charge >= 0.3 is 343 Å². The number of alkyl halides is 24. The molecule has 0 aliphatic rings. The quantitative estimate of drug-likeness (QED) is 0.0210. The predicted molar refractivity (Wildman–Crippen MR) is 351 cm³/mol. The van der Waals surface area contributed by atoms with Crippen molar-refractivity contribution in [3.8, 4) is 17.2 Å². The van der Waals surface area contributed by atoms with Crippen molar-refractivity contribution < 1.29 is 162 Å². The van der Waals surface area contributed by atoms with Crippen molar-refractivity contribution in [2.45, 2.75) is 49.4 Å². The fraction of sp³-hybridized carbons (Fsp3) is 0.408. The molecule has 109 heavy (non-hydrogen) atoms. The molecular weight excluding hydrogens is 1590 g/mol. The van der Waals surface area contributed by atoms with Gasteiger partial charge in [-0.05, 0) is 24.3 Å². The van der Waals surface area contributed by atoms with E-state index < -0.39 is 209 Å². The molecule has 0 fully saturated rings. The molecule has 0 saturated heterocycles. The van der Waals surface area contributed by atoms with E-state index in [0.717, 1.165) is 30.6 Å². The Kier molecular flexibility index (Phi) is 33.2. The third kappa shape index (κ3) is 26.9. The molecule has 0 bridgehead atoms. The van der Waals surface area contributed by atoms with Crippen molar-refractivity contribution in [2.24, 2.45) is 0 Å². The maximum absolute atomic E-state index is 14.2. The van der Waals surface area contributed by atoms with E-state index in [1.807, 2.05) is 54.6 Å². The Morgan fingerprint density at radius 1 is 0.229 bits per heavy atom. The molecule has 7 rings (SSSR count).